The average molecular weight is 487 g/mol. The Morgan fingerprint density at radius 2 is 2.00 bits per heavy atom. The normalized spacial score (nSPS) is 11.6. The van der Waals surface area contributed by atoms with Gasteiger partial charge in [-0.3, -0.25) is 19.7 Å². The summed E-state index contributed by atoms with van der Waals surface area (Å²) >= 11 is 0. The fraction of sp³-hybridized carbons (Fsp3) is 0.185. The molecule has 0 aliphatic carbocycles. The number of hydrogen-bond donors (Lipinski definition) is 1. The van der Waals surface area contributed by atoms with Crippen molar-refractivity contribution in [2.75, 3.05) is 20.8 Å². The van der Waals surface area contributed by atoms with Crippen LogP contribution in [-0.4, -0.2) is 36.3 Å². The van der Waals surface area contributed by atoms with Gasteiger partial charge in [0.25, 0.3) is 5.56 Å². The summed E-state index contributed by atoms with van der Waals surface area (Å²) in [6.07, 6.45) is 3.14. The van der Waals surface area contributed by atoms with Gasteiger partial charge in [0.15, 0.2) is 0 Å². The number of nitrogens with one attached hydrogen (secondary N) is 1. The number of methoxy groups -OCH3 is 2. The number of aromatic nitrogens is 2. The van der Waals surface area contributed by atoms with Crippen LogP contribution in [0.3, 0.4) is 0 Å². The van der Waals surface area contributed by atoms with Gasteiger partial charge in [0, 0.05) is 41.8 Å². The van der Waals surface area contributed by atoms with Gasteiger partial charge in [0.1, 0.15) is 29.4 Å². The third kappa shape index (κ3) is 4.80. The maximum atomic E-state index is 14.1. The Kier molecular flexibility index (Phi) is 7.37. The predicted molar refractivity (Wildman–Crippen MR) is 132 cm³/mol. The van der Waals surface area contributed by atoms with Crippen molar-refractivity contribution in [1.29, 1.82) is 5.26 Å². The molecule has 0 saturated heterocycles. The molecule has 4 rings (SSSR count). The minimum Gasteiger partial charge on any atom is -0.497 e. The van der Waals surface area contributed by atoms with Gasteiger partial charge in [0.2, 0.25) is 0 Å². The number of rotatable bonds is 8. The second kappa shape index (κ2) is 10.8. The van der Waals surface area contributed by atoms with Crippen LogP contribution in [0.5, 0.6) is 5.75 Å². The zero-order valence-corrected chi connectivity index (χ0v) is 19.7. The first-order valence-corrected chi connectivity index (χ1v) is 11.1. The molecule has 1 N–H and O–H groups in total. The highest BCUT2D eigenvalue weighted by molar-refractivity contribution is 5.99. The van der Waals surface area contributed by atoms with Crippen molar-refractivity contribution in [2.24, 2.45) is 0 Å². The molecule has 2 aromatic carbocycles. The number of esters is 1. The smallest absolute Gasteiger partial charge is 0.327 e. The van der Waals surface area contributed by atoms with Gasteiger partial charge in [-0.1, -0.05) is 18.2 Å². The van der Waals surface area contributed by atoms with Gasteiger partial charge in [0.05, 0.1) is 14.2 Å². The van der Waals surface area contributed by atoms with Gasteiger partial charge < -0.3 is 9.47 Å². The summed E-state index contributed by atoms with van der Waals surface area (Å²) in [5.41, 5.74) is 1.16. The molecule has 0 aliphatic heterocycles. The van der Waals surface area contributed by atoms with E-state index in [0.717, 1.165) is 0 Å². The summed E-state index contributed by atoms with van der Waals surface area (Å²) in [7, 11) is 2.79. The van der Waals surface area contributed by atoms with E-state index in [9.17, 15) is 19.2 Å². The molecule has 8 nitrogen and oxygen atoms in total. The molecule has 0 fully saturated rings. The predicted octanol–water partition coefficient (Wildman–Crippen LogP) is 3.59. The zero-order chi connectivity index (χ0) is 25.7. The van der Waals surface area contributed by atoms with Gasteiger partial charge >= 0.3 is 5.97 Å². The lowest BCUT2D eigenvalue weighted by Crippen LogP contribution is -2.35. The van der Waals surface area contributed by atoms with Crippen LogP contribution < -0.4 is 15.6 Å². The summed E-state index contributed by atoms with van der Waals surface area (Å²) in [6, 6.07) is 15.6. The Morgan fingerprint density at radius 1 is 1.17 bits per heavy atom. The number of carbonyl (C=O) groups is 1. The highest BCUT2D eigenvalue weighted by atomic mass is 19.1. The van der Waals surface area contributed by atoms with Gasteiger partial charge in [-0.2, -0.15) is 5.26 Å². The molecular formula is C27H23FN4O4. The van der Waals surface area contributed by atoms with Crippen LogP contribution in [0.25, 0.3) is 21.9 Å². The SMILES string of the molecule is COC(=O)C(NCCn1c(C#N)c(-c2cccc(F)c2)c2cc(OC)ccc2c1=O)c1cccnc1. The summed E-state index contributed by atoms with van der Waals surface area (Å²) < 4.78 is 25.7. The van der Waals surface area contributed by atoms with Crippen molar-refractivity contribution in [3.8, 4) is 22.9 Å². The lowest BCUT2D eigenvalue weighted by atomic mass is 9.96. The van der Waals surface area contributed by atoms with E-state index in [4.69, 9.17) is 9.47 Å². The van der Waals surface area contributed by atoms with Crippen LogP contribution in [0.4, 0.5) is 4.39 Å². The molecule has 0 aliphatic rings. The highest BCUT2D eigenvalue weighted by Gasteiger charge is 2.23. The Morgan fingerprint density at radius 3 is 2.67 bits per heavy atom. The number of carbonyl (C=O) groups excluding carboxylic acids is 1. The molecule has 182 valence electrons. The van der Waals surface area contributed by atoms with E-state index in [0.29, 0.717) is 33.2 Å². The van der Waals surface area contributed by atoms with E-state index < -0.39 is 17.8 Å². The van der Waals surface area contributed by atoms with Crippen LogP contribution in [-0.2, 0) is 16.1 Å². The summed E-state index contributed by atoms with van der Waals surface area (Å²) in [5, 5.41) is 14.0. The second-order valence-electron chi connectivity index (χ2n) is 7.91. The molecule has 2 aromatic heterocycles. The summed E-state index contributed by atoms with van der Waals surface area (Å²) in [4.78, 5) is 29.9. The van der Waals surface area contributed by atoms with Crippen molar-refractivity contribution in [3.05, 3.63) is 94.4 Å². The van der Waals surface area contributed by atoms with Crippen molar-refractivity contribution in [2.45, 2.75) is 12.6 Å². The van der Waals surface area contributed by atoms with E-state index in [1.54, 1.807) is 54.9 Å². The quantitative estimate of drug-likeness (QED) is 0.380. The Labute approximate surface area is 206 Å². The van der Waals surface area contributed by atoms with Crippen molar-refractivity contribution in [1.82, 2.24) is 14.9 Å². The molecule has 2 heterocycles. The van der Waals surface area contributed by atoms with E-state index >= 15 is 0 Å². The van der Waals surface area contributed by atoms with Crippen molar-refractivity contribution in [3.63, 3.8) is 0 Å². The first kappa shape index (κ1) is 24.6. The molecule has 1 atom stereocenters. The topological polar surface area (TPSA) is 106 Å². The van der Waals surface area contributed by atoms with Crippen LogP contribution in [0, 0.1) is 17.1 Å². The molecule has 9 heteroatoms. The molecule has 0 spiro atoms. The van der Waals surface area contributed by atoms with Crippen LogP contribution >= 0.6 is 0 Å². The summed E-state index contributed by atoms with van der Waals surface area (Å²) in [5.74, 6) is -0.480. The first-order valence-electron chi connectivity index (χ1n) is 11.1. The van der Waals surface area contributed by atoms with Crippen molar-refractivity contribution < 1.29 is 18.7 Å². The zero-order valence-electron chi connectivity index (χ0n) is 19.7. The van der Waals surface area contributed by atoms with E-state index in [1.807, 2.05) is 0 Å². The Hall–Kier alpha value is -4.55. The van der Waals surface area contributed by atoms with Gasteiger partial charge in [-0.05, 0) is 47.5 Å². The lowest BCUT2D eigenvalue weighted by molar-refractivity contribution is -0.143. The largest absolute Gasteiger partial charge is 0.497 e. The standard InChI is InChI=1S/C27H23FN4O4/c1-35-20-8-9-21-22(14-20)24(17-5-3-7-19(28)13-17)23(15-29)32(26(21)33)12-11-31-25(27(34)36-2)18-6-4-10-30-16-18/h3-10,13-14,16,25,31H,11-12H2,1-2H3. The maximum absolute atomic E-state index is 14.1. The molecule has 1 unspecified atom stereocenters. The molecule has 0 bridgehead atoms. The molecule has 0 radical (unpaired) electrons. The minimum atomic E-state index is -0.808. The fourth-order valence-electron chi connectivity index (χ4n) is 4.14. The number of pyridine rings is 2. The molecule has 4 aromatic rings. The molecular weight excluding hydrogens is 463 g/mol. The maximum Gasteiger partial charge on any atom is 0.327 e. The lowest BCUT2D eigenvalue weighted by Gasteiger charge is -2.19. The first-order chi connectivity index (χ1) is 17.5. The number of halogens is 1. The van der Waals surface area contributed by atoms with Crippen LogP contribution in [0.15, 0.2) is 71.8 Å². The highest BCUT2D eigenvalue weighted by Crippen LogP contribution is 2.33. The van der Waals surface area contributed by atoms with Gasteiger partial charge in [-0.15, -0.1) is 0 Å². The number of fused-ring (bicyclic) bond motifs is 1. The van der Waals surface area contributed by atoms with E-state index in [2.05, 4.69) is 16.4 Å². The third-order valence-electron chi connectivity index (χ3n) is 5.84. The number of nitrogens with zero attached hydrogens (tertiary/aromatic N) is 3. The summed E-state index contributed by atoms with van der Waals surface area (Å²) in [6.45, 7) is 0.229. The number of benzene rings is 2. The second-order valence-corrected chi connectivity index (χ2v) is 7.91. The number of nitriles is 1. The van der Waals surface area contributed by atoms with Gasteiger partial charge in [-0.25, -0.2) is 9.18 Å². The average Bonchev–Trinajstić information content (AvgIpc) is 2.91. The number of hydrogen-bond acceptors (Lipinski definition) is 7. The number of ether oxygens (including phenoxy) is 2. The Bertz CT molecular complexity index is 1510. The molecule has 0 amide bonds. The third-order valence-corrected chi connectivity index (χ3v) is 5.84. The molecule has 0 saturated carbocycles. The fourth-order valence-corrected chi connectivity index (χ4v) is 4.14. The van der Waals surface area contributed by atoms with Crippen LogP contribution in [0.1, 0.15) is 17.3 Å². The monoisotopic (exact) mass is 486 g/mol. The molecule has 36 heavy (non-hydrogen) atoms. The van der Waals surface area contributed by atoms with Crippen molar-refractivity contribution >= 4 is 16.7 Å². The Balaban J connectivity index is 1.80. The minimum absolute atomic E-state index is 0.0692. The van der Waals surface area contributed by atoms with E-state index in [-0.39, 0.29) is 24.3 Å². The van der Waals surface area contributed by atoms with E-state index in [1.165, 1.54) is 30.9 Å². The van der Waals surface area contributed by atoms with Crippen LogP contribution in [0.2, 0.25) is 0 Å².